The molecule has 1 aromatic carbocycles. The molecule has 1 N–H and O–H groups in total. The zero-order chi connectivity index (χ0) is 15.5. The van der Waals surface area contributed by atoms with Crippen molar-refractivity contribution < 1.29 is 51.9 Å². The summed E-state index contributed by atoms with van der Waals surface area (Å²) in [5.74, 6) is 0.799. The summed E-state index contributed by atoms with van der Waals surface area (Å²) in [5.41, 5.74) is 2.71. The molecule has 1 unspecified atom stereocenters. The fraction of sp³-hybridized carbons (Fsp3) is 0.188. The van der Waals surface area contributed by atoms with E-state index in [2.05, 4.69) is 10.1 Å². The summed E-state index contributed by atoms with van der Waals surface area (Å²) in [6, 6.07) is 13.4. The molecule has 0 saturated heterocycles. The van der Waals surface area contributed by atoms with Gasteiger partial charge in [-0.1, -0.05) is 18.2 Å². The molecular formula is C16H15AuCl2N4OS. The molecule has 5 nitrogen and oxygen atoms in total. The van der Waals surface area contributed by atoms with Crippen LogP contribution in [0, 0.1) is 5.41 Å². The van der Waals surface area contributed by atoms with E-state index in [0.29, 0.717) is 6.42 Å². The van der Waals surface area contributed by atoms with Gasteiger partial charge >= 0.3 is 22.4 Å². The standard InChI is InChI=1S/C16H16N4OS.Au.2ClH/c1-21-12-7-5-11(6-8-12)15-10-14(19-20(15)16(17)22)13-4-2-3-9-18-13;;;/h2-9,15H,10H2,1H3,(H2,17,22);;2*1H/q;+3;;/p-3. The van der Waals surface area contributed by atoms with Crippen molar-refractivity contribution in [2.45, 2.75) is 12.5 Å². The fourth-order valence-electron chi connectivity index (χ4n) is 2.47. The number of ether oxygens (including phenoxy) is 1. The van der Waals surface area contributed by atoms with E-state index >= 15 is 0 Å². The third-order valence-corrected chi connectivity index (χ3v) is 3.77. The number of rotatable bonds is 3. The summed E-state index contributed by atoms with van der Waals surface area (Å²) < 4.78 is 5.18. The Balaban J connectivity index is 0.00000192. The van der Waals surface area contributed by atoms with Gasteiger partial charge in [0.05, 0.1) is 24.6 Å². The van der Waals surface area contributed by atoms with E-state index in [9.17, 15) is 0 Å². The van der Waals surface area contributed by atoms with E-state index in [1.807, 2.05) is 42.5 Å². The van der Waals surface area contributed by atoms with Crippen LogP contribution in [-0.4, -0.2) is 28.0 Å². The van der Waals surface area contributed by atoms with Gasteiger partial charge in [-0.15, -0.1) is 0 Å². The van der Waals surface area contributed by atoms with Gasteiger partial charge in [0.15, 0.2) is 0 Å². The second-order valence-electron chi connectivity index (χ2n) is 4.90. The zero-order valence-electron chi connectivity index (χ0n) is 13.1. The third kappa shape index (κ3) is 5.41. The molecule has 2 aromatic rings. The largest absolute Gasteiger partial charge is 3.00 e. The van der Waals surface area contributed by atoms with E-state index < -0.39 is 0 Å². The number of nitrogens with zero attached hydrogens (tertiary/aromatic N) is 3. The second-order valence-corrected chi connectivity index (χ2v) is 5.29. The van der Waals surface area contributed by atoms with E-state index in [0.717, 1.165) is 22.7 Å². The van der Waals surface area contributed by atoms with Crippen LogP contribution in [0.4, 0.5) is 0 Å². The fourth-order valence-corrected chi connectivity index (χ4v) is 2.64. The minimum Gasteiger partial charge on any atom is -1.00 e. The predicted molar refractivity (Wildman–Crippen MR) is 88.1 cm³/mol. The van der Waals surface area contributed by atoms with Gasteiger partial charge in [0, 0.05) is 12.6 Å². The Morgan fingerprint density at radius 2 is 1.88 bits per heavy atom. The molecule has 3 rings (SSSR count). The molecular weight excluding hydrogens is 564 g/mol. The van der Waals surface area contributed by atoms with Crippen molar-refractivity contribution in [1.82, 2.24) is 9.99 Å². The van der Waals surface area contributed by atoms with Crippen LogP contribution in [0.15, 0.2) is 53.8 Å². The van der Waals surface area contributed by atoms with Crippen molar-refractivity contribution in [1.29, 1.82) is 5.41 Å². The maximum atomic E-state index is 7.79. The molecule has 1 aliphatic heterocycles. The van der Waals surface area contributed by atoms with Crippen LogP contribution in [0.2, 0.25) is 0 Å². The van der Waals surface area contributed by atoms with Crippen molar-refractivity contribution in [2.24, 2.45) is 5.10 Å². The number of hydrogen-bond donors (Lipinski definition) is 1. The normalized spacial score (nSPS) is 15.2. The molecule has 1 aromatic heterocycles. The Morgan fingerprint density at radius 1 is 1.20 bits per heavy atom. The van der Waals surface area contributed by atoms with Crippen LogP contribution < -0.4 is 29.6 Å². The first-order valence-electron chi connectivity index (χ1n) is 6.86. The summed E-state index contributed by atoms with van der Waals surface area (Å²) in [6.45, 7) is 0. The minimum atomic E-state index is -0.0760. The topological polar surface area (TPSA) is 61.6 Å². The quantitative estimate of drug-likeness (QED) is 0.180. The van der Waals surface area contributed by atoms with E-state index in [1.165, 1.54) is 0 Å². The summed E-state index contributed by atoms with van der Waals surface area (Å²) in [6.07, 6.45) is 2.41. The third-order valence-electron chi connectivity index (χ3n) is 3.58. The number of methoxy groups -OCH3 is 1. The van der Waals surface area contributed by atoms with E-state index in [-0.39, 0.29) is 58.4 Å². The molecule has 0 aliphatic carbocycles. The molecule has 2 heterocycles. The van der Waals surface area contributed by atoms with Gasteiger partial charge in [0.1, 0.15) is 5.75 Å². The second kappa shape index (κ2) is 10.8. The summed E-state index contributed by atoms with van der Waals surface area (Å²) in [7, 11) is 1.64. The maximum absolute atomic E-state index is 7.79. The summed E-state index contributed by atoms with van der Waals surface area (Å²) >= 11 is 5.02. The monoisotopic (exact) mass is 578 g/mol. The number of hydrogen-bond acceptors (Lipinski definition) is 5. The maximum Gasteiger partial charge on any atom is 3.00 e. The smallest absolute Gasteiger partial charge is 1.00 e. The molecule has 0 saturated carbocycles. The number of benzene rings is 1. The van der Waals surface area contributed by atoms with Crippen LogP contribution in [0.3, 0.4) is 0 Å². The van der Waals surface area contributed by atoms with Gasteiger partial charge in [0.2, 0.25) is 0 Å². The van der Waals surface area contributed by atoms with E-state index in [1.54, 1.807) is 18.3 Å². The molecule has 1 atom stereocenters. The van der Waals surface area contributed by atoms with E-state index in [4.69, 9.17) is 22.8 Å². The molecule has 9 heteroatoms. The molecule has 0 amide bonds. The van der Waals surface area contributed by atoms with Gasteiger partial charge in [-0.2, -0.15) is 5.10 Å². The number of hydrazone groups is 1. The SMILES string of the molecule is COc1ccc(C2CC(c3ccccn3)=NN2C(=N)[S-])cc1.[Au+3].[Cl-].[Cl-]. The first kappa shape index (κ1) is 23.9. The summed E-state index contributed by atoms with van der Waals surface area (Å²) in [5, 5.41) is 13.9. The van der Waals surface area contributed by atoms with Crippen molar-refractivity contribution in [2.75, 3.05) is 7.11 Å². The molecule has 25 heavy (non-hydrogen) atoms. The summed E-state index contributed by atoms with van der Waals surface area (Å²) in [4.78, 5) is 4.33. The van der Waals surface area contributed by atoms with Gasteiger partial charge < -0.3 is 47.6 Å². The molecule has 0 fully saturated rings. The van der Waals surface area contributed by atoms with Crippen LogP contribution in [0.5, 0.6) is 5.75 Å². The number of nitrogens with one attached hydrogen (secondary N) is 1. The Bertz CT molecular complexity index is 716. The predicted octanol–water partition coefficient (Wildman–Crippen LogP) is -3.27. The van der Waals surface area contributed by atoms with Gasteiger partial charge in [0.25, 0.3) is 0 Å². The van der Waals surface area contributed by atoms with Crippen LogP contribution in [0.1, 0.15) is 23.7 Å². The van der Waals surface area contributed by atoms with Gasteiger partial charge in [-0.3, -0.25) is 9.99 Å². The minimum absolute atomic E-state index is 0. The average Bonchev–Trinajstić information content (AvgIpc) is 3.01. The Hall–Kier alpha value is -1.15. The molecule has 0 radical (unpaired) electrons. The number of aromatic nitrogens is 1. The number of amidine groups is 1. The van der Waals surface area contributed by atoms with Gasteiger partial charge in [-0.05, 0) is 35.0 Å². The molecule has 0 bridgehead atoms. The molecule has 0 spiro atoms. The average molecular weight is 579 g/mol. The Kier molecular flexibility index (Phi) is 10.3. The molecule has 1 aliphatic rings. The molecule has 136 valence electrons. The van der Waals surface area contributed by atoms with Crippen molar-refractivity contribution in [3.63, 3.8) is 0 Å². The van der Waals surface area contributed by atoms with Crippen LogP contribution in [0.25, 0.3) is 0 Å². The van der Waals surface area contributed by atoms with Crippen molar-refractivity contribution >= 4 is 23.5 Å². The van der Waals surface area contributed by atoms with Crippen LogP contribution in [-0.2, 0) is 35.0 Å². The number of halogens is 2. The number of pyridine rings is 1. The van der Waals surface area contributed by atoms with Crippen molar-refractivity contribution in [3.05, 3.63) is 59.9 Å². The zero-order valence-corrected chi connectivity index (χ0v) is 17.6. The van der Waals surface area contributed by atoms with Crippen molar-refractivity contribution in [3.8, 4) is 5.75 Å². The first-order valence-corrected chi connectivity index (χ1v) is 7.27. The Labute approximate surface area is 180 Å². The van der Waals surface area contributed by atoms with Gasteiger partial charge in [-0.25, -0.2) is 0 Å². The van der Waals surface area contributed by atoms with Crippen LogP contribution >= 0.6 is 0 Å². The first-order chi connectivity index (χ1) is 10.7. The Morgan fingerprint density at radius 3 is 2.40 bits per heavy atom.